The van der Waals surface area contributed by atoms with Gasteiger partial charge in [-0.15, -0.1) is 0 Å². The summed E-state index contributed by atoms with van der Waals surface area (Å²) in [6, 6.07) is 10.4. The van der Waals surface area contributed by atoms with Crippen molar-refractivity contribution in [2.45, 2.75) is 33.6 Å². The van der Waals surface area contributed by atoms with E-state index in [0.717, 1.165) is 28.3 Å². The second-order valence-electron chi connectivity index (χ2n) is 5.54. The van der Waals surface area contributed by atoms with E-state index in [4.69, 9.17) is 18.0 Å². The molecule has 0 bridgehead atoms. The van der Waals surface area contributed by atoms with Crippen LogP contribution in [0.5, 0.6) is 0 Å². The molecular formula is C17H21N3S. The zero-order chi connectivity index (χ0) is 15.6. The predicted octanol–water partition coefficient (Wildman–Crippen LogP) is 4.20. The number of rotatable bonds is 4. The molecule has 110 valence electrons. The summed E-state index contributed by atoms with van der Waals surface area (Å²) in [6.07, 6.45) is 0. The van der Waals surface area contributed by atoms with Gasteiger partial charge in [-0.1, -0.05) is 38.2 Å². The van der Waals surface area contributed by atoms with Gasteiger partial charge in [0.15, 0.2) is 0 Å². The van der Waals surface area contributed by atoms with Crippen LogP contribution in [0.1, 0.15) is 42.3 Å². The third-order valence-corrected chi connectivity index (χ3v) is 3.64. The van der Waals surface area contributed by atoms with Crippen LogP contribution in [0, 0.1) is 13.8 Å². The summed E-state index contributed by atoms with van der Waals surface area (Å²) in [5.41, 5.74) is 11.7. The molecule has 0 saturated heterocycles. The van der Waals surface area contributed by atoms with Gasteiger partial charge in [0, 0.05) is 17.1 Å². The zero-order valence-corrected chi connectivity index (χ0v) is 13.7. The number of nitrogens with two attached hydrogens (primary N) is 1. The van der Waals surface area contributed by atoms with E-state index in [1.54, 1.807) is 0 Å². The van der Waals surface area contributed by atoms with Crippen molar-refractivity contribution < 1.29 is 0 Å². The highest BCUT2D eigenvalue weighted by Crippen LogP contribution is 2.25. The van der Waals surface area contributed by atoms with Crippen LogP contribution in [0.3, 0.4) is 0 Å². The van der Waals surface area contributed by atoms with Gasteiger partial charge in [0.25, 0.3) is 0 Å². The molecule has 0 amide bonds. The average Bonchev–Trinajstić information content (AvgIpc) is 2.37. The lowest BCUT2D eigenvalue weighted by Crippen LogP contribution is -2.15. The second kappa shape index (κ2) is 6.22. The van der Waals surface area contributed by atoms with Crippen molar-refractivity contribution in [2.75, 3.05) is 5.32 Å². The van der Waals surface area contributed by atoms with Crippen LogP contribution in [-0.4, -0.2) is 9.97 Å². The van der Waals surface area contributed by atoms with Crippen molar-refractivity contribution in [1.29, 1.82) is 0 Å². The number of thiocarbonyl (C=S) groups is 1. The number of anilines is 2. The Bertz CT molecular complexity index is 660. The van der Waals surface area contributed by atoms with Gasteiger partial charge in [0.1, 0.15) is 4.99 Å². The Balaban J connectivity index is 2.37. The molecule has 4 heteroatoms. The molecule has 0 aliphatic rings. The van der Waals surface area contributed by atoms with Crippen LogP contribution < -0.4 is 11.1 Å². The quantitative estimate of drug-likeness (QED) is 0.831. The van der Waals surface area contributed by atoms with Gasteiger partial charge in [-0.05, 0) is 43.5 Å². The van der Waals surface area contributed by atoms with Gasteiger partial charge in [-0.2, -0.15) is 0 Å². The molecule has 0 fully saturated rings. The third-order valence-electron chi connectivity index (χ3n) is 3.43. The summed E-state index contributed by atoms with van der Waals surface area (Å²) < 4.78 is 0. The minimum atomic E-state index is 0.362. The van der Waals surface area contributed by atoms with Gasteiger partial charge < -0.3 is 11.1 Å². The molecule has 1 aromatic carbocycles. The summed E-state index contributed by atoms with van der Waals surface area (Å²) in [7, 11) is 0. The Hall–Kier alpha value is -1.94. The molecule has 1 heterocycles. The molecule has 0 radical (unpaired) electrons. The molecule has 0 saturated carbocycles. The van der Waals surface area contributed by atoms with Crippen LogP contribution in [-0.2, 0) is 0 Å². The lowest BCUT2D eigenvalue weighted by Gasteiger charge is -2.15. The molecule has 0 aliphatic carbocycles. The van der Waals surface area contributed by atoms with E-state index in [2.05, 4.69) is 48.4 Å². The first-order valence-corrected chi connectivity index (χ1v) is 7.44. The van der Waals surface area contributed by atoms with Crippen molar-refractivity contribution in [3.63, 3.8) is 0 Å². The van der Waals surface area contributed by atoms with E-state index < -0.39 is 0 Å². The summed E-state index contributed by atoms with van der Waals surface area (Å²) in [6.45, 7) is 8.25. The predicted molar refractivity (Wildman–Crippen MR) is 93.4 cm³/mol. The highest BCUT2D eigenvalue weighted by atomic mass is 32.1. The number of hydrogen-bond acceptors (Lipinski definition) is 3. The lowest BCUT2D eigenvalue weighted by atomic mass is 10.0. The van der Waals surface area contributed by atoms with E-state index >= 15 is 0 Å². The average molecular weight is 299 g/mol. The van der Waals surface area contributed by atoms with Crippen LogP contribution in [0.2, 0.25) is 0 Å². The van der Waals surface area contributed by atoms with Gasteiger partial charge in [-0.25, -0.2) is 0 Å². The molecule has 21 heavy (non-hydrogen) atoms. The molecule has 3 N–H and O–H groups in total. The standard InChI is InChI=1S/C17H21N3S/c1-10(2)13-5-7-14(8-6-13)20-15-9-11(3)19-12(4)16(15)17(18)21/h5-10H,1-4H3,(H2,18,21)(H,19,20). The fourth-order valence-electron chi connectivity index (χ4n) is 2.35. The summed E-state index contributed by atoms with van der Waals surface area (Å²) in [5, 5.41) is 3.39. The number of aryl methyl sites for hydroxylation is 2. The first-order valence-electron chi connectivity index (χ1n) is 7.03. The van der Waals surface area contributed by atoms with E-state index in [1.807, 2.05) is 19.9 Å². The zero-order valence-electron chi connectivity index (χ0n) is 12.9. The molecular weight excluding hydrogens is 278 g/mol. The number of hydrogen-bond donors (Lipinski definition) is 2. The van der Waals surface area contributed by atoms with Crippen LogP contribution in [0.15, 0.2) is 30.3 Å². The van der Waals surface area contributed by atoms with Crippen molar-refractivity contribution in [2.24, 2.45) is 5.73 Å². The highest BCUT2D eigenvalue weighted by molar-refractivity contribution is 7.80. The smallest absolute Gasteiger partial charge is 0.107 e. The van der Waals surface area contributed by atoms with Gasteiger partial charge >= 0.3 is 0 Å². The third kappa shape index (κ3) is 3.58. The van der Waals surface area contributed by atoms with Gasteiger partial charge in [0.2, 0.25) is 0 Å². The molecule has 0 aliphatic heterocycles. The molecule has 1 aromatic heterocycles. The molecule has 2 rings (SSSR count). The molecule has 0 unspecified atom stereocenters. The lowest BCUT2D eigenvalue weighted by molar-refractivity contribution is 0.867. The summed E-state index contributed by atoms with van der Waals surface area (Å²) in [5.74, 6) is 0.525. The minimum absolute atomic E-state index is 0.362. The summed E-state index contributed by atoms with van der Waals surface area (Å²) >= 11 is 5.15. The molecule has 0 spiro atoms. The maximum Gasteiger partial charge on any atom is 0.107 e. The van der Waals surface area contributed by atoms with E-state index in [9.17, 15) is 0 Å². The van der Waals surface area contributed by atoms with Gasteiger partial charge in [0.05, 0.1) is 11.3 Å². The maximum atomic E-state index is 5.83. The SMILES string of the molecule is Cc1cc(Nc2ccc(C(C)C)cc2)c(C(N)=S)c(C)n1. The second-order valence-corrected chi connectivity index (χ2v) is 5.98. The fraction of sp³-hybridized carbons (Fsp3) is 0.294. The van der Waals surface area contributed by atoms with E-state index in [0.29, 0.717) is 10.9 Å². The monoisotopic (exact) mass is 299 g/mol. The molecule has 0 atom stereocenters. The number of pyridine rings is 1. The van der Waals surface area contributed by atoms with Gasteiger partial charge in [-0.3, -0.25) is 4.98 Å². The van der Waals surface area contributed by atoms with Crippen molar-refractivity contribution in [3.8, 4) is 0 Å². The fourth-order valence-corrected chi connectivity index (χ4v) is 2.60. The van der Waals surface area contributed by atoms with E-state index in [-0.39, 0.29) is 0 Å². The number of benzene rings is 1. The van der Waals surface area contributed by atoms with Crippen molar-refractivity contribution >= 4 is 28.6 Å². The topological polar surface area (TPSA) is 50.9 Å². The largest absolute Gasteiger partial charge is 0.389 e. The van der Waals surface area contributed by atoms with Crippen LogP contribution >= 0.6 is 12.2 Å². The van der Waals surface area contributed by atoms with Crippen molar-refractivity contribution in [1.82, 2.24) is 4.98 Å². The Morgan fingerprint density at radius 1 is 1.19 bits per heavy atom. The highest BCUT2D eigenvalue weighted by Gasteiger charge is 2.11. The normalized spacial score (nSPS) is 10.7. The number of nitrogens with one attached hydrogen (secondary N) is 1. The summed E-state index contributed by atoms with van der Waals surface area (Å²) in [4.78, 5) is 4.79. The minimum Gasteiger partial charge on any atom is -0.389 e. The Morgan fingerprint density at radius 2 is 1.81 bits per heavy atom. The Labute approximate surface area is 131 Å². The first-order chi connectivity index (χ1) is 9.88. The Morgan fingerprint density at radius 3 is 2.33 bits per heavy atom. The first kappa shape index (κ1) is 15.4. The molecule has 3 nitrogen and oxygen atoms in total. The maximum absolute atomic E-state index is 5.83. The van der Waals surface area contributed by atoms with Crippen molar-refractivity contribution in [3.05, 3.63) is 52.8 Å². The Kier molecular flexibility index (Phi) is 4.58. The van der Waals surface area contributed by atoms with E-state index in [1.165, 1.54) is 5.56 Å². The van der Waals surface area contributed by atoms with Crippen LogP contribution in [0.4, 0.5) is 11.4 Å². The number of aromatic nitrogens is 1. The van der Waals surface area contributed by atoms with Crippen LogP contribution in [0.25, 0.3) is 0 Å². The molecule has 2 aromatic rings. The number of nitrogens with zero attached hydrogens (tertiary/aromatic N) is 1.